The number of nitrogens with zero attached hydrogens (tertiary/aromatic N) is 1. The summed E-state index contributed by atoms with van der Waals surface area (Å²) in [5.74, 6) is 0.724. The van der Waals surface area contributed by atoms with Crippen LogP contribution in [0.25, 0.3) is 11.3 Å². The molecule has 3 heteroatoms. The van der Waals surface area contributed by atoms with E-state index in [0.717, 1.165) is 19.0 Å². The van der Waals surface area contributed by atoms with E-state index in [2.05, 4.69) is 42.6 Å². The maximum Gasteiger partial charge on any atom is 0.0966 e. The van der Waals surface area contributed by atoms with Crippen molar-refractivity contribution < 1.29 is 0 Å². The molecule has 0 radical (unpaired) electrons. The minimum absolute atomic E-state index is 0.724. The molecule has 3 rings (SSSR count). The zero-order valence-electron chi connectivity index (χ0n) is 12.1. The molecular weight excluding hydrogens is 264 g/mol. The summed E-state index contributed by atoms with van der Waals surface area (Å²) in [5.41, 5.74) is 2.45. The molecule has 0 saturated heterocycles. The summed E-state index contributed by atoms with van der Waals surface area (Å²) in [6, 6.07) is 10.6. The van der Waals surface area contributed by atoms with Gasteiger partial charge in [-0.15, -0.1) is 11.3 Å². The number of nitrogens with one attached hydrogen (secondary N) is 1. The Morgan fingerprint density at radius 3 is 2.70 bits per heavy atom. The third-order valence-corrected chi connectivity index (χ3v) is 5.15. The van der Waals surface area contributed by atoms with Crippen molar-refractivity contribution in [1.82, 2.24) is 10.3 Å². The van der Waals surface area contributed by atoms with Crippen LogP contribution in [0.15, 0.2) is 30.3 Å². The highest BCUT2D eigenvalue weighted by molar-refractivity contribution is 7.12. The Balaban J connectivity index is 1.86. The first-order chi connectivity index (χ1) is 9.88. The molecule has 0 atom stereocenters. The van der Waals surface area contributed by atoms with Crippen LogP contribution < -0.4 is 5.32 Å². The lowest BCUT2D eigenvalue weighted by atomic mass is 9.86. The van der Waals surface area contributed by atoms with Gasteiger partial charge in [0.2, 0.25) is 0 Å². The average Bonchev–Trinajstić information content (AvgIpc) is 2.82. The smallest absolute Gasteiger partial charge is 0.0966 e. The molecule has 106 valence electrons. The Hall–Kier alpha value is -1.19. The molecule has 0 spiro atoms. The zero-order chi connectivity index (χ0) is 13.8. The summed E-state index contributed by atoms with van der Waals surface area (Å²) in [7, 11) is 0. The zero-order valence-corrected chi connectivity index (χ0v) is 12.9. The van der Waals surface area contributed by atoms with Gasteiger partial charge in [-0.1, -0.05) is 43.7 Å². The lowest BCUT2D eigenvalue weighted by Crippen LogP contribution is -2.13. The fourth-order valence-electron chi connectivity index (χ4n) is 2.52. The molecule has 2 nitrogen and oxygen atoms in total. The lowest BCUT2D eigenvalue weighted by Gasteiger charge is -2.22. The highest BCUT2D eigenvalue weighted by atomic mass is 32.1. The topological polar surface area (TPSA) is 24.9 Å². The number of benzene rings is 1. The Bertz CT molecular complexity index is 543. The summed E-state index contributed by atoms with van der Waals surface area (Å²) in [6.45, 7) is 4.23. The van der Waals surface area contributed by atoms with E-state index in [-0.39, 0.29) is 0 Å². The van der Waals surface area contributed by atoms with E-state index in [1.54, 1.807) is 0 Å². The van der Waals surface area contributed by atoms with E-state index in [1.165, 1.54) is 46.8 Å². The highest BCUT2D eigenvalue weighted by Crippen LogP contribution is 2.41. The van der Waals surface area contributed by atoms with Gasteiger partial charge in [-0.25, -0.2) is 4.98 Å². The van der Waals surface area contributed by atoms with Crippen LogP contribution in [-0.4, -0.2) is 11.5 Å². The molecule has 1 saturated carbocycles. The molecule has 0 aliphatic heterocycles. The number of thiazole rings is 1. The van der Waals surface area contributed by atoms with Crippen molar-refractivity contribution in [3.63, 3.8) is 0 Å². The monoisotopic (exact) mass is 286 g/mol. The van der Waals surface area contributed by atoms with Crippen LogP contribution in [-0.2, 0) is 6.54 Å². The Morgan fingerprint density at radius 2 is 2.05 bits per heavy atom. The van der Waals surface area contributed by atoms with Crippen LogP contribution in [0.5, 0.6) is 0 Å². The molecule has 0 unspecified atom stereocenters. The molecule has 0 amide bonds. The summed E-state index contributed by atoms with van der Waals surface area (Å²) >= 11 is 1.92. The van der Waals surface area contributed by atoms with E-state index in [4.69, 9.17) is 4.98 Å². The normalized spacial score (nSPS) is 15.2. The summed E-state index contributed by atoms with van der Waals surface area (Å²) in [4.78, 5) is 6.35. The predicted molar refractivity (Wildman–Crippen MR) is 86.1 cm³/mol. The van der Waals surface area contributed by atoms with E-state index in [1.807, 2.05) is 11.3 Å². The molecule has 1 heterocycles. The largest absolute Gasteiger partial charge is 0.312 e. The number of rotatable bonds is 6. The Labute approximate surface area is 125 Å². The second kappa shape index (κ2) is 6.51. The number of hydrogen-bond donors (Lipinski definition) is 1. The number of aromatic nitrogens is 1. The predicted octanol–water partition coefficient (Wildman–Crippen LogP) is 4.58. The van der Waals surface area contributed by atoms with Crippen molar-refractivity contribution in [3.8, 4) is 11.3 Å². The van der Waals surface area contributed by atoms with Crippen LogP contribution >= 0.6 is 11.3 Å². The van der Waals surface area contributed by atoms with Crippen molar-refractivity contribution in [2.75, 3.05) is 6.54 Å². The minimum Gasteiger partial charge on any atom is -0.312 e. The third-order valence-electron chi connectivity index (χ3n) is 3.93. The van der Waals surface area contributed by atoms with E-state index < -0.39 is 0 Å². The van der Waals surface area contributed by atoms with Gasteiger partial charge in [-0.2, -0.15) is 0 Å². The van der Waals surface area contributed by atoms with Crippen LogP contribution in [0.2, 0.25) is 0 Å². The molecule has 1 aliphatic carbocycles. The molecule has 1 N–H and O–H groups in total. The number of hydrogen-bond acceptors (Lipinski definition) is 3. The average molecular weight is 286 g/mol. The first-order valence-corrected chi connectivity index (χ1v) is 8.46. The quantitative estimate of drug-likeness (QED) is 0.786. The molecule has 2 aromatic rings. The molecular formula is C17H22N2S. The Kier molecular flexibility index (Phi) is 4.48. The fraction of sp³-hybridized carbons (Fsp3) is 0.471. The first-order valence-electron chi connectivity index (χ1n) is 7.64. The van der Waals surface area contributed by atoms with Crippen molar-refractivity contribution in [1.29, 1.82) is 0 Å². The van der Waals surface area contributed by atoms with Gasteiger partial charge in [0.1, 0.15) is 0 Å². The van der Waals surface area contributed by atoms with Gasteiger partial charge in [0, 0.05) is 22.9 Å². The van der Waals surface area contributed by atoms with Crippen LogP contribution in [0.3, 0.4) is 0 Å². The molecule has 20 heavy (non-hydrogen) atoms. The standard InChI is InChI=1S/C17H22N2S/c1-2-11-18-12-15-16(13-7-4-3-5-8-13)19-17(20-15)14-9-6-10-14/h3-5,7-8,14,18H,2,6,9-12H2,1H3. The first kappa shape index (κ1) is 13.8. The van der Waals surface area contributed by atoms with Crippen LogP contribution in [0.1, 0.15) is 48.4 Å². The lowest BCUT2D eigenvalue weighted by molar-refractivity contribution is 0.418. The van der Waals surface area contributed by atoms with Gasteiger partial charge in [-0.3, -0.25) is 0 Å². The van der Waals surface area contributed by atoms with Gasteiger partial charge in [0.05, 0.1) is 10.7 Å². The molecule has 0 bridgehead atoms. The van der Waals surface area contributed by atoms with Crippen molar-refractivity contribution in [2.24, 2.45) is 0 Å². The summed E-state index contributed by atoms with van der Waals surface area (Å²) in [6.07, 6.45) is 5.19. The van der Waals surface area contributed by atoms with Gasteiger partial charge >= 0.3 is 0 Å². The second-order valence-corrected chi connectivity index (χ2v) is 6.61. The van der Waals surface area contributed by atoms with E-state index >= 15 is 0 Å². The highest BCUT2D eigenvalue weighted by Gasteiger charge is 2.24. The summed E-state index contributed by atoms with van der Waals surface area (Å²) < 4.78 is 0. The van der Waals surface area contributed by atoms with Crippen molar-refractivity contribution in [3.05, 3.63) is 40.2 Å². The maximum atomic E-state index is 4.96. The van der Waals surface area contributed by atoms with E-state index in [9.17, 15) is 0 Å². The van der Waals surface area contributed by atoms with Crippen LogP contribution in [0.4, 0.5) is 0 Å². The maximum absolute atomic E-state index is 4.96. The van der Waals surface area contributed by atoms with Gasteiger partial charge in [0.15, 0.2) is 0 Å². The van der Waals surface area contributed by atoms with Crippen molar-refractivity contribution in [2.45, 2.75) is 45.1 Å². The van der Waals surface area contributed by atoms with Crippen molar-refractivity contribution >= 4 is 11.3 Å². The molecule has 1 aliphatic rings. The van der Waals surface area contributed by atoms with E-state index in [0.29, 0.717) is 0 Å². The molecule has 1 fully saturated rings. The second-order valence-electron chi connectivity index (χ2n) is 5.49. The third kappa shape index (κ3) is 2.94. The van der Waals surface area contributed by atoms with Gasteiger partial charge < -0.3 is 5.32 Å². The minimum atomic E-state index is 0.724. The fourth-order valence-corrected chi connectivity index (χ4v) is 3.75. The summed E-state index contributed by atoms with van der Waals surface area (Å²) in [5, 5.41) is 4.87. The van der Waals surface area contributed by atoms with Gasteiger partial charge in [0.25, 0.3) is 0 Å². The molecule has 1 aromatic heterocycles. The molecule has 1 aromatic carbocycles. The SMILES string of the molecule is CCCNCc1sc(C2CCC2)nc1-c1ccccc1. The Morgan fingerprint density at radius 1 is 1.25 bits per heavy atom. The van der Waals surface area contributed by atoms with Gasteiger partial charge in [-0.05, 0) is 25.8 Å². The van der Waals surface area contributed by atoms with Crippen LogP contribution in [0, 0.1) is 0 Å².